The number of nitrogens with zero attached hydrogens (tertiary/aromatic N) is 3. The number of likely N-dealkylation sites (tertiary alicyclic amines) is 1. The summed E-state index contributed by atoms with van der Waals surface area (Å²) in [5.74, 6) is 1.86. The molecule has 6 nitrogen and oxygen atoms in total. The Morgan fingerprint density at radius 3 is 2.69 bits per heavy atom. The second-order valence-corrected chi connectivity index (χ2v) is 8.67. The van der Waals surface area contributed by atoms with E-state index in [9.17, 15) is 4.79 Å². The van der Waals surface area contributed by atoms with Crippen LogP contribution in [0, 0.1) is 0 Å². The zero-order chi connectivity index (χ0) is 20.2. The van der Waals surface area contributed by atoms with Crippen LogP contribution >= 0.6 is 0 Å². The summed E-state index contributed by atoms with van der Waals surface area (Å²) in [5.41, 5.74) is 1.16. The summed E-state index contributed by atoms with van der Waals surface area (Å²) in [6.45, 7) is 8.71. The minimum Gasteiger partial charge on any atom is -0.493 e. The van der Waals surface area contributed by atoms with Crippen molar-refractivity contribution >= 4 is 5.91 Å². The number of amides is 1. The monoisotopic (exact) mass is 401 g/mol. The Morgan fingerprint density at radius 2 is 1.90 bits per heavy atom. The molecule has 0 aromatic heterocycles. The Hall–Kier alpha value is -1.79. The molecule has 29 heavy (non-hydrogen) atoms. The van der Waals surface area contributed by atoms with Crippen molar-refractivity contribution in [3.8, 4) is 11.5 Å². The van der Waals surface area contributed by atoms with Crippen molar-refractivity contribution in [2.45, 2.75) is 57.7 Å². The SMILES string of the molecule is COc1cc(CN2C[C@@H]3CCCN3C(=O)[C@@H]2C)ccc1OCCN1CCCCC1. The van der Waals surface area contributed by atoms with Crippen molar-refractivity contribution in [2.24, 2.45) is 0 Å². The van der Waals surface area contributed by atoms with Crippen LogP contribution in [-0.2, 0) is 11.3 Å². The second-order valence-electron chi connectivity index (χ2n) is 8.67. The van der Waals surface area contributed by atoms with E-state index < -0.39 is 0 Å². The number of carbonyl (C=O) groups excluding carboxylic acids is 1. The van der Waals surface area contributed by atoms with Crippen molar-refractivity contribution in [1.29, 1.82) is 0 Å². The number of piperidine rings is 1. The normalized spacial score (nSPS) is 25.9. The second kappa shape index (κ2) is 9.35. The number of fused-ring (bicyclic) bond motifs is 1. The Morgan fingerprint density at radius 1 is 1.07 bits per heavy atom. The summed E-state index contributed by atoms with van der Waals surface area (Å²) in [5, 5.41) is 0. The predicted molar refractivity (Wildman–Crippen MR) is 113 cm³/mol. The molecule has 0 aliphatic carbocycles. The Kier molecular flexibility index (Phi) is 6.60. The molecule has 3 saturated heterocycles. The first-order valence-electron chi connectivity index (χ1n) is 11.2. The van der Waals surface area contributed by atoms with Crippen LogP contribution in [0.1, 0.15) is 44.6 Å². The highest BCUT2D eigenvalue weighted by Crippen LogP contribution is 2.31. The summed E-state index contributed by atoms with van der Waals surface area (Å²) in [6, 6.07) is 6.52. The molecule has 0 unspecified atom stereocenters. The zero-order valence-electron chi connectivity index (χ0n) is 17.9. The minimum absolute atomic E-state index is 0.0594. The van der Waals surface area contributed by atoms with Crippen molar-refractivity contribution in [2.75, 3.05) is 46.4 Å². The van der Waals surface area contributed by atoms with Gasteiger partial charge >= 0.3 is 0 Å². The molecular formula is C23H35N3O3. The molecule has 0 spiro atoms. The third-order valence-electron chi connectivity index (χ3n) is 6.74. The number of hydrogen-bond donors (Lipinski definition) is 0. The summed E-state index contributed by atoms with van der Waals surface area (Å²) in [4.78, 5) is 19.5. The smallest absolute Gasteiger partial charge is 0.239 e. The quantitative estimate of drug-likeness (QED) is 0.703. The third kappa shape index (κ3) is 4.69. The lowest BCUT2D eigenvalue weighted by Crippen LogP contribution is -2.58. The summed E-state index contributed by atoms with van der Waals surface area (Å²) in [7, 11) is 1.69. The van der Waals surface area contributed by atoms with E-state index in [1.54, 1.807) is 7.11 Å². The highest BCUT2D eigenvalue weighted by atomic mass is 16.5. The van der Waals surface area contributed by atoms with E-state index >= 15 is 0 Å². The fraction of sp³-hybridized carbons (Fsp3) is 0.696. The molecule has 3 fully saturated rings. The summed E-state index contributed by atoms with van der Waals surface area (Å²) >= 11 is 0. The van der Waals surface area contributed by atoms with E-state index in [0.29, 0.717) is 12.6 Å². The first-order valence-corrected chi connectivity index (χ1v) is 11.2. The average molecular weight is 402 g/mol. The van der Waals surface area contributed by atoms with Crippen LogP contribution in [0.3, 0.4) is 0 Å². The standard InChI is InChI=1S/C23H35N3O3/c1-18-23(27)26-12-6-7-20(26)17-25(18)16-19-8-9-21(22(15-19)28-2)29-14-13-24-10-4-3-5-11-24/h8-9,15,18,20H,3-7,10-14,16-17H2,1-2H3/t18-,20-/m0/s1. The molecule has 3 aliphatic heterocycles. The van der Waals surface area contributed by atoms with Gasteiger partial charge in [-0.25, -0.2) is 0 Å². The molecule has 3 heterocycles. The average Bonchev–Trinajstić information content (AvgIpc) is 3.22. The molecule has 6 heteroatoms. The van der Waals surface area contributed by atoms with Crippen molar-refractivity contribution < 1.29 is 14.3 Å². The largest absolute Gasteiger partial charge is 0.493 e. The van der Waals surface area contributed by atoms with Crippen LogP contribution in [0.15, 0.2) is 18.2 Å². The van der Waals surface area contributed by atoms with E-state index in [0.717, 1.165) is 56.1 Å². The molecule has 0 radical (unpaired) electrons. The van der Waals surface area contributed by atoms with Gasteiger partial charge in [-0.2, -0.15) is 0 Å². The van der Waals surface area contributed by atoms with E-state index in [2.05, 4.69) is 26.8 Å². The molecule has 160 valence electrons. The first kappa shape index (κ1) is 20.5. The highest BCUT2D eigenvalue weighted by Gasteiger charge is 2.40. The molecule has 1 aromatic carbocycles. The fourth-order valence-corrected chi connectivity index (χ4v) is 4.97. The predicted octanol–water partition coefficient (Wildman–Crippen LogP) is 2.76. The number of methoxy groups -OCH3 is 1. The summed E-state index contributed by atoms with van der Waals surface area (Å²) in [6.07, 6.45) is 6.21. The van der Waals surface area contributed by atoms with Gasteiger partial charge in [-0.05, 0) is 63.4 Å². The van der Waals surface area contributed by atoms with Crippen LogP contribution in [0.2, 0.25) is 0 Å². The number of hydrogen-bond acceptors (Lipinski definition) is 5. The van der Waals surface area contributed by atoms with Crippen LogP contribution in [0.25, 0.3) is 0 Å². The lowest BCUT2D eigenvalue weighted by atomic mass is 10.1. The van der Waals surface area contributed by atoms with Gasteiger partial charge in [0.1, 0.15) is 6.61 Å². The Labute approximate surface area is 174 Å². The van der Waals surface area contributed by atoms with Crippen molar-refractivity contribution in [3.05, 3.63) is 23.8 Å². The van der Waals surface area contributed by atoms with E-state index in [1.165, 1.54) is 32.4 Å². The van der Waals surface area contributed by atoms with Crippen LogP contribution in [0.5, 0.6) is 11.5 Å². The van der Waals surface area contributed by atoms with E-state index in [4.69, 9.17) is 9.47 Å². The van der Waals surface area contributed by atoms with Gasteiger partial charge in [0.15, 0.2) is 11.5 Å². The Balaban J connectivity index is 1.35. The molecule has 4 rings (SSSR count). The molecule has 2 atom stereocenters. The number of carbonyl (C=O) groups is 1. The van der Waals surface area contributed by atoms with Crippen molar-refractivity contribution in [3.63, 3.8) is 0 Å². The van der Waals surface area contributed by atoms with Gasteiger partial charge in [-0.3, -0.25) is 14.6 Å². The van der Waals surface area contributed by atoms with Gasteiger partial charge in [-0.1, -0.05) is 12.5 Å². The lowest BCUT2D eigenvalue weighted by molar-refractivity contribution is -0.143. The van der Waals surface area contributed by atoms with Gasteiger partial charge in [0.25, 0.3) is 0 Å². The maximum absolute atomic E-state index is 12.7. The van der Waals surface area contributed by atoms with Crippen LogP contribution < -0.4 is 9.47 Å². The van der Waals surface area contributed by atoms with Gasteiger partial charge < -0.3 is 14.4 Å². The van der Waals surface area contributed by atoms with Gasteiger partial charge in [-0.15, -0.1) is 0 Å². The highest BCUT2D eigenvalue weighted by molar-refractivity contribution is 5.83. The molecule has 1 aromatic rings. The Bertz CT molecular complexity index is 705. The first-order chi connectivity index (χ1) is 14.2. The minimum atomic E-state index is -0.0594. The zero-order valence-corrected chi connectivity index (χ0v) is 17.9. The maximum atomic E-state index is 12.7. The fourth-order valence-electron chi connectivity index (χ4n) is 4.97. The number of ether oxygens (including phenoxy) is 2. The molecule has 0 bridgehead atoms. The number of benzene rings is 1. The van der Waals surface area contributed by atoms with E-state index in [-0.39, 0.29) is 11.9 Å². The summed E-state index contributed by atoms with van der Waals surface area (Å²) < 4.78 is 11.6. The molecule has 0 saturated carbocycles. The van der Waals surface area contributed by atoms with Gasteiger partial charge in [0, 0.05) is 32.2 Å². The van der Waals surface area contributed by atoms with Gasteiger partial charge in [0.2, 0.25) is 5.91 Å². The number of rotatable bonds is 7. The lowest BCUT2D eigenvalue weighted by Gasteiger charge is -2.41. The topological polar surface area (TPSA) is 45.3 Å². The van der Waals surface area contributed by atoms with Gasteiger partial charge in [0.05, 0.1) is 13.2 Å². The molecule has 1 amide bonds. The molecule has 3 aliphatic rings. The van der Waals surface area contributed by atoms with E-state index in [1.807, 2.05) is 13.0 Å². The van der Waals surface area contributed by atoms with Crippen LogP contribution in [0.4, 0.5) is 0 Å². The molecule has 0 N–H and O–H groups in total. The molecular weight excluding hydrogens is 366 g/mol. The third-order valence-corrected chi connectivity index (χ3v) is 6.74. The maximum Gasteiger partial charge on any atom is 0.239 e. The number of piperazine rings is 1. The van der Waals surface area contributed by atoms with Crippen LogP contribution in [-0.4, -0.2) is 79.1 Å². The van der Waals surface area contributed by atoms with Crippen molar-refractivity contribution in [1.82, 2.24) is 14.7 Å².